The third-order valence-electron chi connectivity index (χ3n) is 4.24. The van der Waals surface area contributed by atoms with E-state index >= 15 is 0 Å². The summed E-state index contributed by atoms with van der Waals surface area (Å²) in [6.07, 6.45) is 2.13. The maximum Gasteiger partial charge on any atom is 0.328 e. The van der Waals surface area contributed by atoms with Crippen molar-refractivity contribution >= 4 is 22.8 Å². The van der Waals surface area contributed by atoms with E-state index < -0.39 is 17.4 Å². The van der Waals surface area contributed by atoms with Crippen LogP contribution in [0.2, 0.25) is 0 Å². The van der Waals surface area contributed by atoms with Gasteiger partial charge in [-0.15, -0.1) is 0 Å². The van der Waals surface area contributed by atoms with Gasteiger partial charge in [-0.05, 0) is 51.0 Å². The lowest BCUT2D eigenvalue weighted by atomic mass is 10.0. The molecule has 6 nitrogen and oxygen atoms in total. The summed E-state index contributed by atoms with van der Waals surface area (Å²) in [7, 11) is 1.56. The van der Waals surface area contributed by atoms with Gasteiger partial charge in [0.2, 0.25) is 0 Å². The molecule has 1 aliphatic rings. The van der Waals surface area contributed by atoms with Crippen molar-refractivity contribution in [3.8, 4) is 5.75 Å². The molecule has 1 aromatic carbocycles. The van der Waals surface area contributed by atoms with E-state index in [1.54, 1.807) is 25.3 Å². The van der Waals surface area contributed by atoms with Crippen molar-refractivity contribution in [2.24, 2.45) is 0 Å². The number of carbonyl (C=O) groups is 2. The van der Waals surface area contributed by atoms with E-state index in [9.17, 15) is 14.7 Å². The number of hydrogen-bond acceptors (Lipinski definition) is 4. The van der Waals surface area contributed by atoms with Gasteiger partial charge in [0.1, 0.15) is 11.3 Å². The number of methoxy groups -OCH3 is 1. The topological polar surface area (TPSA) is 88.5 Å². The van der Waals surface area contributed by atoms with Gasteiger partial charge < -0.3 is 15.2 Å². The van der Waals surface area contributed by atoms with Gasteiger partial charge in [0, 0.05) is 17.0 Å². The molecule has 6 heteroatoms. The van der Waals surface area contributed by atoms with Gasteiger partial charge in [-0.1, -0.05) is 0 Å². The van der Waals surface area contributed by atoms with Crippen molar-refractivity contribution in [2.45, 2.75) is 38.1 Å². The Morgan fingerprint density at radius 3 is 2.58 bits per heavy atom. The molecule has 0 bridgehead atoms. The van der Waals surface area contributed by atoms with Crippen molar-refractivity contribution in [3.63, 3.8) is 0 Å². The minimum atomic E-state index is -1.36. The van der Waals surface area contributed by atoms with E-state index in [0.717, 1.165) is 18.5 Å². The van der Waals surface area contributed by atoms with Crippen LogP contribution in [0.15, 0.2) is 24.3 Å². The fourth-order valence-corrected chi connectivity index (χ4v) is 2.53. The Bertz CT molecular complexity index is 825. The van der Waals surface area contributed by atoms with Crippen LogP contribution in [0.4, 0.5) is 0 Å². The number of carboxylic acids is 1. The number of aliphatic carboxylic acids is 1. The first-order valence-electron chi connectivity index (χ1n) is 7.86. The molecule has 0 radical (unpaired) electrons. The maximum absolute atomic E-state index is 12.7. The highest BCUT2D eigenvalue weighted by Gasteiger charge is 2.31. The predicted molar refractivity (Wildman–Crippen MR) is 89.5 cm³/mol. The Hall–Kier alpha value is -2.63. The second-order valence-electron chi connectivity index (χ2n) is 6.64. The first kappa shape index (κ1) is 16.2. The van der Waals surface area contributed by atoms with Crippen LogP contribution in [0, 0.1) is 0 Å². The average molecular weight is 328 g/mol. The highest BCUT2D eigenvalue weighted by Crippen LogP contribution is 2.40. The van der Waals surface area contributed by atoms with Crippen LogP contribution < -0.4 is 10.1 Å². The number of benzene rings is 1. The number of amides is 1. The Kier molecular flexibility index (Phi) is 3.91. The second-order valence-corrected chi connectivity index (χ2v) is 6.64. The molecule has 0 spiro atoms. The van der Waals surface area contributed by atoms with E-state index in [1.165, 1.54) is 13.8 Å². The minimum absolute atomic E-state index is 0.385. The van der Waals surface area contributed by atoms with E-state index in [0.29, 0.717) is 28.1 Å². The van der Waals surface area contributed by atoms with Gasteiger partial charge in [-0.3, -0.25) is 9.78 Å². The van der Waals surface area contributed by atoms with Gasteiger partial charge in [-0.25, -0.2) is 4.79 Å². The Morgan fingerprint density at radius 1 is 1.29 bits per heavy atom. The minimum Gasteiger partial charge on any atom is -0.497 e. The number of aromatic nitrogens is 1. The number of carboxylic acid groups (broad SMARTS) is 1. The van der Waals surface area contributed by atoms with Crippen molar-refractivity contribution in [1.29, 1.82) is 0 Å². The SMILES string of the molecule is COc1ccc2nc(C3CC3)cc(C(=O)NC(C)(C)C(=O)O)c2c1. The number of ether oxygens (including phenoxy) is 1. The summed E-state index contributed by atoms with van der Waals surface area (Å²) in [6, 6.07) is 7.14. The molecule has 1 fully saturated rings. The lowest BCUT2D eigenvalue weighted by molar-refractivity contribution is -0.143. The van der Waals surface area contributed by atoms with Crippen molar-refractivity contribution < 1.29 is 19.4 Å². The molecule has 2 N–H and O–H groups in total. The van der Waals surface area contributed by atoms with Crippen LogP contribution in [0.5, 0.6) is 5.75 Å². The summed E-state index contributed by atoms with van der Waals surface area (Å²) in [5, 5.41) is 12.5. The predicted octanol–water partition coefficient (Wildman–Crippen LogP) is 2.71. The Balaban J connectivity index is 2.09. The second kappa shape index (κ2) is 5.78. The van der Waals surface area contributed by atoms with Gasteiger partial charge in [0.15, 0.2) is 0 Å². The molecule has 1 amide bonds. The maximum atomic E-state index is 12.7. The van der Waals surface area contributed by atoms with Gasteiger partial charge >= 0.3 is 5.97 Å². The zero-order valence-corrected chi connectivity index (χ0v) is 13.9. The van der Waals surface area contributed by atoms with Gasteiger partial charge in [-0.2, -0.15) is 0 Å². The van der Waals surface area contributed by atoms with E-state index in [1.807, 2.05) is 6.07 Å². The number of fused-ring (bicyclic) bond motifs is 1. The van der Waals surface area contributed by atoms with Crippen molar-refractivity contribution in [3.05, 3.63) is 35.5 Å². The fourth-order valence-electron chi connectivity index (χ4n) is 2.53. The quantitative estimate of drug-likeness (QED) is 0.881. The molecule has 2 aromatic rings. The third kappa shape index (κ3) is 3.04. The molecule has 24 heavy (non-hydrogen) atoms. The molecule has 0 aliphatic heterocycles. The first-order chi connectivity index (χ1) is 11.3. The summed E-state index contributed by atoms with van der Waals surface area (Å²) >= 11 is 0. The summed E-state index contributed by atoms with van der Waals surface area (Å²) < 4.78 is 5.23. The molecular weight excluding hydrogens is 308 g/mol. The number of carbonyl (C=O) groups excluding carboxylic acids is 1. The van der Waals surface area contributed by atoms with Crippen LogP contribution in [0.3, 0.4) is 0 Å². The summed E-state index contributed by atoms with van der Waals surface area (Å²) in [5.41, 5.74) is 0.658. The van der Waals surface area contributed by atoms with E-state index in [2.05, 4.69) is 10.3 Å². The average Bonchev–Trinajstić information content (AvgIpc) is 3.37. The third-order valence-corrected chi connectivity index (χ3v) is 4.24. The molecule has 1 aliphatic carbocycles. The molecular formula is C18H20N2O4. The standard InChI is InChI=1S/C18H20N2O4/c1-18(2,17(22)23)20-16(21)13-9-15(10-4-5-10)19-14-7-6-11(24-3)8-12(13)14/h6-10H,4-5H2,1-3H3,(H,20,21)(H,22,23). The van der Waals surface area contributed by atoms with E-state index in [-0.39, 0.29) is 0 Å². The normalized spacial score (nSPS) is 14.5. The lowest BCUT2D eigenvalue weighted by Gasteiger charge is -2.21. The first-order valence-corrected chi connectivity index (χ1v) is 7.86. The van der Waals surface area contributed by atoms with Gasteiger partial charge in [0.25, 0.3) is 5.91 Å². The Morgan fingerprint density at radius 2 is 2.00 bits per heavy atom. The monoisotopic (exact) mass is 328 g/mol. The summed E-state index contributed by atoms with van der Waals surface area (Å²) in [6.45, 7) is 2.91. The molecule has 1 saturated carbocycles. The number of nitrogens with zero attached hydrogens (tertiary/aromatic N) is 1. The van der Waals surface area contributed by atoms with Crippen LogP contribution >= 0.6 is 0 Å². The van der Waals surface area contributed by atoms with Crippen molar-refractivity contribution in [1.82, 2.24) is 10.3 Å². The zero-order chi connectivity index (χ0) is 17.5. The molecule has 0 unspecified atom stereocenters. The molecule has 0 saturated heterocycles. The highest BCUT2D eigenvalue weighted by molar-refractivity contribution is 6.08. The summed E-state index contributed by atoms with van der Waals surface area (Å²) in [5.74, 6) is -0.510. The van der Waals surface area contributed by atoms with E-state index in [4.69, 9.17) is 4.74 Å². The van der Waals surface area contributed by atoms with Crippen LogP contribution in [-0.2, 0) is 4.79 Å². The molecule has 0 atom stereocenters. The molecule has 1 aromatic heterocycles. The van der Waals surface area contributed by atoms with Crippen molar-refractivity contribution in [2.75, 3.05) is 7.11 Å². The Labute approximate surface area is 139 Å². The number of rotatable bonds is 5. The lowest BCUT2D eigenvalue weighted by Crippen LogP contribution is -2.49. The number of hydrogen-bond donors (Lipinski definition) is 2. The van der Waals surface area contributed by atoms with Crippen LogP contribution in [0.1, 0.15) is 48.7 Å². The smallest absolute Gasteiger partial charge is 0.328 e. The summed E-state index contributed by atoms with van der Waals surface area (Å²) in [4.78, 5) is 28.7. The largest absolute Gasteiger partial charge is 0.497 e. The molecule has 1 heterocycles. The fraction of sp³-hybridized carbons (Fsp3) is 0.389. The molecule has 3 rings (SSSR count). The molecule has 126 valence electrons. The number of nitrogens with one attached hydrogen (secondary N) is 1. The highest BCUT2D eigenvalue weighted by atomic mass is 16.5. The van der Waals surface area contributed by atoms with Gasteiger partial charge in [0.05, 0.1) is 18.2 Å². The number of pyridine rings is 1. The van der Waals surface area contributed by atoms with Crippen LogP contribution in [0.25, 0.3) is 10.9 Å². The zero-order valence-electron chi connectivity index (χ0n) is 13.9. The van der Waals surface area contributed by atoms with Crippen LogP contribution in [-0.4, -0.2) is 34.6 Å².